The number of rotatable bonds is 7. The van der Waals surface area contributed by atoms with Crippen molar-refractivity contribution in [2.24, 2.45) is 11.7 Å². The SMILES string of the molecule is NC[C@@H]1CN(S(=O)(=O)NC(=O)c2cc(Cl)c(OCC3CCCC3)cc2F)CCO1.O=C(O)C(F)(F)F. The minimum Gasteiger partial charge on any atom is -0.492 e. The number of alkyl halides is 3. The van der Waals surface area contributed by atoms with Gasteiger partial charge in [0.1, 0.15) is 11.6 Å². The lowest BCUT2D eigenvalue weighted by Crippen LogP contribution is -2.52. The Hall–Kier alpha value is -2.20. The normalized spacial score (nSPS) is 19.3. The highest BCUT2D eigenvalue weighted by Gasteiger charge is 2.38. The molecule has 0 radical (unpaired) electrons. The van der Waals surface area contributed by atoms with Crippen LogP contribution in [0.3, 0.4) is 0 Å². The van der Waals surface area contributed by atoms with Crippen LogP contribution in [0.2, 0.25) is 5.02 Å². The quantitative estimate of drug-likeness (QED) is 0.428. The summed E-state index contributed by atoms with van der Waals surface area (Å²) in [6.45, 7) is 0.807. The highest BCUT2D eigenvalue weighted by atomic mass is 35.5. The zero-order chi connectivity index (χ0) is 27.1. The van der Waals surface area contributed by atoms with Gasteiger partial charge in [0.05, 0.1) is 29.9 Å². The predicted octanol–water partition coefficient (Wildman–Crippen LogP) is 2.32. The average Bonchev–Trinajstić information content (AvgIpc) is 3.32. The standard InChI is InChI=1S/C18H25ClFN3O5S.C2HF3O2/c19-15-7-14(16(20)8-17(15)28-11-12-3-1-2-4-12)18(24)22-29(25,26)23-5-6-27-13(9-21)10-23;3-2(4,5)1(6)7/h7-8,12-13H,1-6,9-11,21H2,(H,22,24);(H,6,7)/t13-;/m1./s1. The van der Waals surface area contributed by atoms with Crippen molar-refractivity contribution in [3.8, 4) is 5.75 Å². The molecule has 1 aliphatic carbocycles. The number of hydrogen-bond donors (Lipinski definition) is 3. The number of aliphatic carboxylic acids is 1. The fourth-order valence-corrected chi connectivity index (χ4v) is 4.86. The van der Waals surface area contributed by atoms with E-state index in [0.29, 0.717) is 12.5 Å². The van der Waals surface area contributed by atoms with Gasteiger partial charge >= 0.3 is 22.4 Å². The molecule has 0 aromatic heterocycles. The van der Waals surface area contributed by atoms with Gasteiger partial charge < -0.3 is 20.3 Å². The number of benzene rings is 1. The molecule has 1 aromatic rings. The molecule has 36 heavy (non-hydrogen) atoms. The number of halogens is 5. The summed E-state index contributed by atoms with van der Waals surface area (Å²) in [4.78, 5) is 21.3. The number of nitrogens with zero attached hydrogens (tertiary/aromatic N) is 1. The lowest BCUT2D eigenvalue weighted by molar-refractivity contribution is -0.192. The minimum atomic E-state index is -5.08. The molecule has 2 aliphatic rings. The number of hydrogen-bond acceptors (Lipinski definition) is 7. The number of nitrogens with one attached hydrogen (secondary N) is 1. The van der Waals surface area contributed by atoms with E-state index in [1.54, 1.807) is 0 Å². The molecule has 3 rings (SSSR count). The molecule has 0 bridgehead atoms. The van der Waals surface area contributed by atoms with Crippen molar-refractivity contribution in [3.05, 3.63) is 28.5 Å². The molecule has 1 saturated heterocycles. The van der Waals surface area contributed by atoms with Crippen LogP contribution in [0.25, 0.3) is 0 Å². The van der Waals surface area contributed by atoms with Gasteiger partial charge in [0.25, 0.3) is 5.91 Å². The molecule has 1 heterocycles. The molecule has 0 unspecified atom stereocenters. The van der Waals surface area contributed by atoms with Crippen molar-refractivity contribution >= 4 is 33.7 Å². The molecule has 1 aromatic carbocycles. The van der Waals surface area contributed by atoms with Crippen LogP contribution in [0.1, 0.15) is 36.0 Å². The number of carboxylic acid groups (broad SMARTS) is 1. The smallest absolute Gasteiger partial charge is 0.490 e. The molecule has 1 saturated carbocycles. The van der Waals surface area contributed by atoms with Gasteiger partial charge in [-0.15, -0.1) is 0 Å². The van der Waals surface area contributed by atoms with E-state index in [1.165, 1.54) is 0 Å². The van der Waals surface area contributed by atoms with Gasteiger partial charge in [-0.1, -0.05) is 24.4 Å². The fraction of sp³-hybridized carbons (Fsp3) is 0.600. The molecule has 1 amide bonds. The summed E-state index contributed by atoms with van der Waals surface area (Å²) >= 11 is 6.13. The molecular formula is C20H26ClF4N3O7S. The third-order valence-electron chi connectivity index (χ3n) is 5.38. The van der Waals surface area contributed by atoms with E-state index in [2.05, 4.69) is 0 Å². The Morgan fingerprint density at radius 3 is 2.44 bits per heavy atom. The Morgan fingerprint density at radius 1 is 1.28 bits per heavy atom. The highest BCUT2D eigenvalue weighted by Crippen LogP contribution is 2.31. The highest BCUT2D eigenvalue weighted by molar-refractivity contribution is 7.87. The Kier molecular flexibility index (Phi) is 10.7. The summed E-state index contributed by atoms with van der Waals surface area (Å²) in [5, 5.41) is 7.17. The first-order valence-electron chi connectivity index (χ1n) is 10.8. The van der Waals surface area contributed by atoms with Crippen molar-refractivity contribution < 1.29 is 50.1 Å². The van der Waals surface area contributed by atoms with Crippen LogP contribution < -0.4 is 15.2 Å². The number of nitrogens with two attached hydrogens (primary N) is 1. The van der Waals surface area contributed by atoms with Crippen LogP contribution in [-0.4, -0.2) is 74.8 Å². The lowest BCUT2D eigenvalue weighted by Gasteiger charge is -2.31. The first kappa shape index (κ1) is 30.0. The summed E-state index contributed by atoms with van der Waals surface area (Å²) < 4.78 is 85.0. The molecule has 0 spiro atoms. The van der Waals surface area contributed by atoms with E-state index in [0.717, 1.165) is 42.1 Å². The van der Waals surface area contributed by atoms with E-state index in [4.69, 9.17) is 36.7 Å². The fourth-order valence-electron chi connectivity index (χ4n) is 3.49. The third-order valence-corrected chi connectivity index (χ3v) is 7.13. The molecule has 1 aliphatic heterocycles. The number of amides is 1. The van der Waals surface area contributed by atoms with Gasteiger partial charge in [-0.05, 0) is 24.8 Å². The topological polar surface area (TPSA) is 148 Å². The lowest BCUT2D eigenvalue weighted by atomic mass is 10.1. The first-order chi connectivity index (χ1) is 16.7. The Morgan fingerprint density at radius 2 is 1.89 bits per heavy atom. The molecular weight excluding hydrogens is 538 g/mol. The van der Waals surface area contributed by atoms with Crippen LogP contribution in [0, 0.1) is 11.7 Å². The monoisotopic (exact) mass is 563 g/mol. The average molecular weight is 564 g/mol. The van der Waals surface area contributed by atoms with Gasteiger partial charge in [0.15, 0.2) is 0 Å². The Bertz CT molecular complexity index is 1040. The first-order valence-corrected chi connectivity index (χ1v) is 12.6. The van der Waals surface area contributed by atoms with Gasteiger partial charge in [0, 0.05) is 25.7 Å². The summed E-state index contributed by atoms with van der Waals surface area (Å²) in [7, 11) is -4.18. The van der Waals surface area contributed by atoms with Crippen LogP contribution in [0.4, 0.5) is 17.6 Å². The predicted molar refractivity (Wildman–Crippen MR) is 119 cm³/mol. The summed E-state index contributed by atoms with van der Waals surface area (Å²) in [6.07, 6.45) is -1.12. The maximum Gasteiger partial charge on any atom is 0.490 e. The number of carbonyl (C=O) groups is 2. The number of ether oxygens (including phenoxy) is 2. The third kappa shape index (κ3) is 8.73. The molecule has 4 N–H and O–H groups in total. The maximum absolute atomic E-state index is 14.5. The second-order valence-electron chi connectivity index (χ2n) is 8.05. The van der Waals surface area contributed by atoms with Crippen LogP contribution in [-0.2, 0) is 19.7 Å². The maximum atomic E-state index is 14.5. The van der Waals surface area contributed by atoms with Gasteiger partial charge in [-0.2, -0.15) is 25.9 Å². The zero-order valence-corrected chi connectivity index (χ0v) is 20.5. The molecule has 1 atom stereocenters. The van der Waals surface area contributed by atoms with Crippen molar-refractivity contribution in [2.45, 2.75) is 38.0 Å². The summed E-state index contributed by atoms with van der Waals surface area (Å²) in [6, 6.07) is 2.09. The van der Waals surface area contributed by atoms with Crippen molar-refractivity contribution in [3.63, 3.8) is 0 Å². The van der Waals surface area contributed by atoms with E-state index in [-0.39, 0.29) is 37.0 Å². The van der Waals surface area contributed by atoms with Crippen molar-refractivity contribution in [1.29, 1.82) is 0 Å². The second-order valence-corrected chi connectivity index (χ2v) is 10.1. The van der Waals surface area contributed by atoms with Gasteiger partial charge in [0.2, 0.25) is 0 Å². The van der Waals surface area contributed by atoms with Crippen LogP contribution >= 0.6 is 11.6 Å². The number of carboxylic acids is 1. The molecule has 10 nitrogen and oxygen atoms in total. The zero-order valence-electron chi connectivity index (χ0n) is 18.9. The van der Waals surface area contributed by atoms with Crippen LogP contribution in [0.15, 0.2) is 12.1 Å². The molecule has 2 fully saturated rings. The molecule has 16 heteroatoms. The van der Waals surface area contributed by atoms with Crippen molar-refractivity contribution in [1.82, 2.24) is 9.03 Å². The largest absolute Gasteiger partial charge is 0.492 e. The number of morpholine rings is 1. The van der Waals surface area contributed by atoms with E-state index >= 15 is 0 Å². The van der Waals surface area contributed by atoms with E-state index < -0.39 is 45.7 Å². The van der Waals surface area contributed by atoms with Gasteiger partial charge in [-0.25, -0.2) is 13.9 Å². The van der Waals surface area contributed by atoms with Gasteiger partial charge in [-0.3, -0.25) is 4.79 Å². The van der Waals surface area contributed by atoms with Crippen molar-refractivity contribution in [2.75, 3.05) is 32.8 Å². The summed E-state index contributed by atoms with van der Waals surface area (Å²) in [5.74, 6) is -4.23. The van der Waals surface area contributed by atoms with Crippen LogP contribution in [0.5, 0.6) is 5.75 Å². The minimum absolute atomic E-state index is 0.0102. The van der Waals surface area contributed by atoms with E-state index in [9.17, 15) is 30.8 Å². The second kappa shape index (κ2) is 12.9. The Labute approximate surface area is 209 Å². The molecule has 204 valence electrons. The Balaban J connectivity index is 0.000000572. The summed E-state index contributed by atoms with van der Waals surface area (Å²) in [5.41, 5.74) is 5.03. The number of carbonyl (C=O) groups excluding carboxylic acids is 1. The van der Waals surface area contributed by atoms with E-state index in [1.807, 2.05) is 4.72 Å².